The second-order valence-electron chi connectivity index (χ2n) is 7.12. The van der Waals surface area contributed by atoms with E-state index in [1.165, 1.54) is 11.3 Å². The summed E-state index contributed by atoms with van der Waals surface area (Å²) in [4.78, 5) is 12.3. The molecule has 1 heterocycles. The third-order valence-corrected chi connectivity index (χ3v) is 5.15. The number of benzene rings is 2. The van der Waals surface area contributed by atoms with E-state index in [9.17, 15) is 9.90 Å². The first kappa shape index (κ1) is 18.1. The number of hydrogen-bond donors (Lipinski definition) is 3. The predicted molar refractivity (Wildman–Crippen MR) is 107 cm³/mol. The summed E-state index contributed by atoms with van der Waals surface area (Å²) in [5, 5.41) is 20.2. The molecule has 0 aliphatic heterocycles. The lowest BCUT2D eigenvalue weighted by Gasteiger charge is -2.15. The highest BCUT2D eigenvalue weighted by Gasteiger charge is 2.23. The fraction of sp³-hybridized carbons (Fsp3) is 0.273. The van der Waals surface area contributed by atoms with E-state index in [4.69, 9.17) is 5.10 Å². The number of urea groups is 1. The maximum Gasteiger partial charge on any atom is 0.315 e. The minimum atomic E-state index is -0.253. The van der Waals surface area contributed by atoms with Crippen molar-refractivity contribution in [3.05, 3.63) is 77.1 Å². The number of amides is 2. The Bertz CT molecular complexity index is 981. The predicted octanol–water partition coefficient (Wildman–Crippen LogP) is 3.63. The van der Waals surface area contributed by atoms with Crippen molar-refractivity contribution in [2.45, 2.75) is 38.8 Å². The molecule has 0 unspecified atom stereocenters. The van der Waals surface area contributed by atoms with E-state index in [0.29, 0.717) is 6.54 Å². The van der Waals surface area contributed by atoms with E-state index in [2.05, 4.69) is 10.6 Å². The highest BCUT2D eigenvalue weighted by atomic mass is 16.3. The van der Waals surface area contributed by atoms with Crippen molar-refractivity contribution in [1.82, 2.24) is 20.4 Å². The quantitative estimate of drug-likeness (QED) is 0.636. The van der Waals surface area contributed by atoms with Crippen LogP contribution in [-0.2, 0) is 19.4 Å². The molecular formula is C22H24N4O2. The Kier molecular flexibility index (Phi) is 5.02. The number of nitrogens with one attached hydrogen (secondary N) is 2. The van der Waals surface area contributed by atoms with Crippen molar-refractivity contribution in [2.75, 3.05) is 0 Å². The van der Waals surface area contributed by atoms with Gasteiger partial charge in [0.15, 0.2) is 0 Å². The summed E-state index contributed by atoms with van der Waals surface area (Å²) in [6.07, 6.45) is 3.13. The van der Waals surface area contributed by atoms with Crippen molar-refractivity contribution in [1.29, 1.82) is 0 Å². The SMILES string of the molecule is C[C@@H](NC(=O)NCc1nn(-c2ccccc2)c2c1CCC2)c1cccc(O)c1. The van der Waals surface area contributed by atoms with Crippen molar-refractivity contribution in [2.24, 2.45) is 0 Å². The van der Waals surface area contributed by atoms with Gasteiger partial charge in [0.2, 0.25) is 0 Å². The van der Waals surface area contributed by atoms with Gasteiger partial charge in [0, 0.05) is 5.69 Å². The van der Waals surface area contributed by atoms with Crippen molar-refractivity contribution < 1.29 is 9.90 Å². The van der Waals surface area contributed by atoms with Crippen LogP contribution in [0.15, 0.2) is 54.6 Å². The Morgan fingerprint density at radius 1 is 1.18 bits per heavy atom. The van der Waals surface area contributed by atoms with E-state index >= 15 is 0 Å². The van der Waals surface area contributed by atoms with Gasteiger partial charge in [-0.05, 0) is 61.6 Å². The van der Waals surface area contributed by atoms with Crippen LogP contribution < -0.4 is 10.6 Å². The Morgan fingerprint density at radius 2 is 2.00 bits per heavy atom. The molecule has 0 saturated heterocycles. The Balaban J connectivity index is 1.43. The van der Waals surface area contributed by atoms with Gasteiger partial charge in [-0.1, -0.05) is 30.3 Å². The van der Waals surface area contributed by atoms with Crippen LogP contribution in [0.2, 0.25) is 0 Å². The minimum Gasteiger partial charge on any atom is -0.508 e. The first-order valence-electron chi connectivity index (χ1n) is 9.60. The maximum atomic E-state index is 12.3. The molecule has 0 spiro atoms. The molecule has 144 valence electrons. The van der Waals surface area contributed by atoms with Crippen LogP contribution in [0.4, 0.5) is 4.79 Å². The minimum absolute atomic E-state index is 0.188. The Labute approximate surface area is 164 Å². The number of aromatic nitrogens is 2. The zero-order valence-electron chi connectivity index (χ0n) is 15.9. The number of rotatable bonds is 5. The Morgan fingerprint density at radius 3 is 2.79 bits per heavy atom. The lowest BCUT2D eigenvalue weighted by atomic mass is 10.1. The monoisotopic (exact) mass is 376 g/mol. The zero-order valence-corrected chi connectivity index (χ0v) is 15.9. The molecule has 1 atom stereocenters. The molecule has 1 aliphatic carbocycles. The van der Waals surface area contributed by atoms with E-state index < -0.39 is 0 Å². The molecule has 3 aromatic rings. The van der Waals surface area contributed by atoms with Crippen LogP contribution in [0.5, 0.6) is 5.75 Å². The molecular weight excluding hydrogens is 352 g/mol. The first-order chi connectivity index (χ1) is 13.6. The number of phenolic OH excluding ortho intramolecular Hbond substituents is 1. The maximum absolute atomic E-state index is 12.3. The van der Waals surface area contributed by atoms with Gasteiger partial charge in [-0.15, -0.1) is 0 Å². The van der Waals surface area contributed by atoms with Gasteiger partial charge in [-0.25, -0.2) is 9.48 Å². The molecule has 0 saturated carbocycles. The van der Waals surface area contributed by atoms with Gasteiger partial charge >= 0.3 is 6.03 Å². The second-order valence-corrected chi connectivity index (χ2v) is 7.12. The lowest BCUT2D eigenvalue weighted by Crippen LogP contribution is -2.36. The highest BCUT2D eigenvalue weighted by molar-refractivity contribution is 5.74. The summed E-state index contributed by atoms with van der Waals surface area (Å²) in [6.45, 7) is 2.27. The average molecular weight is 376 g/mol. The van der Waals surface area contributed by atoms with Gasteiger partial charge < -0.3 is 15.7 Å². The topological polar surface area (TPSA) is 79.2 Å². The molecule has 6 heteroatoms. The fourth-order valence-electron chi connectivity index (χ4n) is 3.73. The molecule has 4 rings (SSSR count). The summed E-state index contributed by atoms with van der Waals surface area (Å²) < 4.78 is 2.01. The molecule has 6 nitrogen and oxygen atoms in total. The van der Waals surface area contributed by atoms with Crippen molar-refractivity contribution in [3.8, 4) is 11.4 Å². The van der Waals surface area contributed by atoms with Crippen LogP contribution >= 0.6 is 0 Å². The number of para-hydroxylation sites is 1. The molecule has 0 bridgehead atoms. The van der Waals surface area contributed by atoms with Crippen LogP contribution in [-0.4, -0.2) is 20.9 Å². The lowest BCUT2D eigenvalue weighted by molar-refractivity contribution is 0.237. The van der Waals surface area contributed by atoms with Crippen molar-refractivity contribution in [3.63, 3.8) is 0 Å². The van der Waals surface area contributed by atoms with Crippen LogP contribution in [0.1, 0.15) is 41.9 Å². The fourth-order valence-corrected chi connectivity index (χ4v) is 3.73. The molecule has 2 aromatic carbocycles. The normalized spacial score (nSPS) is 13.8. The van der Waals surface area contributed by atoms with E-state index in [-0.39, 0.29) is 17.8 Å². The molecule has 1 aliphatic rings. The summed E-state index contributed by atoms with van der Waals surface area (Å²) in [6, 6.07) is 16.5. The van der Waals surface area contributed by atoms with Crippen LogP contribution in [0, 0.1) is 0 Å². The molecule has 28 heavy (non-hydrogen) atoms. The van der Waals surface area contributed by atoms with Gasteiger partial charge in [-0.2, -0.15) is 5.10 Å². The number of carbonyl (C=O) groups excluding carboxylic acids is 1. The summed E-state index contributed by atoms with van der Waals surface area (Å²) in [5.74, 6) is 0.188. The standard InChI is InChI=1S/C22H24N4O2/c1-15(16-7-5-10-18(27)13-16)24-22(28)23-14-20-19-11-6-12-21(19)26(25-20)17-8-3-2-4-9-17/h2-5,7-10,13,15,27H,6,11-12,14H2,1H3,(H2,23,24,28)/t15-/m1/s1. The summed E-state index contributed by atoms with van der Waals surface area (Å²) in [5.41, 5.74) is 5.33. The molecule has 3 N–H and O–H groups in total. The van der Waals surface area contributed by atoms with Crippen LogP contribution in [0.25, 0.3) is 5.69 Å². The zero-order chi connectivity index (χ0) is 19.5. The third-order valence-electron chi connectivity index (χ3n) is 5.15. The largest absolute Gasteiger partial charge is 0.508 e. The second kappa shape index (κ2) is 7.76. The van der Waals surface area contributed by atoms with E-state index in [1.54, 1.807) is 18.2 Å². The van der Waals surface area contributed by atoms with E-state index in [1.807, 2.05) is 48.0 Å². The Hall–Kier alpha value is -3.28. The van der Waals surface area contributed by atoms with Gasteiger partial charge in [0.25, 0.3) is 0 Å². The number of carbonyl (C=O) groups is 1. The summed E-state index contributed by atoms with van der Waals surface area (Å²) in [7, 11) is 0. The smallest absolute Gasteiger partial charge is 0.315 e. The molecule has 0 radical (unpaired) electrons. The van der Waals surface area contributed by atoms with Gasteiger partial charge in [0.1, 0.15) is 5.75 Å². The van der Waals surface area contributed by atoms with Gasteiger partial charge in [0.05, 0.1) is 24.0 Å². The van der Waals surface area contributed by atoms with Crippen molar-refractivity contribution >= 4 is 6.03 Å². The third kappa shape index (κ3) is 3.71. The van der Waals surface area contributed by atoms with Crippen LogP contribution in [0.3, 0.4) is 0 Å². The van der Waals surface area contributed by atoms with E-state index in [0.717, 1.165) is 36.2 Å². The number of hydrogen-bond acceptors (Lipinski definition) is 3. The molecule has 0 fully saturated rings. The highest BCUT2D eigenvalue weighted by Crippen LogP contribution is 2.27. The average Bonchev–Trinajstić information content (AvgIpc) is 3.30. The number of nitrogens with zero attached hydrogens (tertiary/aromatic N) is 2. The molecule has 1 aromatic heterocycles. The first-order valence-corrected chi connectivity index (χ1v) is 9.60. The number of fused-ring (bicyclic) bond motifs is 1. The number of phenols is 1. The summed E-state index contributed by atoms with van der Waals surface area (Å²) >= 11 is 0. The number of aromatic hydroxyl groups is 1. The molecule has 2 amide bonds. The van der Waals surface area contributed by atoms with Gasteiger partial charge in [-0.3, -0.25) is 0 Å².